The van der Waals surface area contributed by atoms with Crippen molar-refractivity contribution < 1.29 is 4.39 Å². The van der Waals surface area contributed by atoms with Crippen LogP contribution in [0.25, 0.3) is 0 Å². The molecular formula is C18H29FN2. The minimum atomic E-state index is -0.185. The van der Waals surface area contributed by atoms with Gasteiger partial charge < -0.3 is 0 Å². The van der Waals surface area contributed by atoms with Gasteiger partial charge in [-0.3, -0.25) is 11.3 Å². The van der Waals surface area contributed by atoms with Crippen LogP contribution < -0.4 is 11.3 Å². The third-order valence-corrected chi connectivity index (χ3v) is 5.42. The zero-order chi connectivity index (χ0) is 15.5. The normalized spacial score (nSPS) is 24.8. The number of halogens is 1. The Morgan fingerprint density at radius 2 is 1.95 bits per heavy atom. The van der Waals surface area contributed by atoms with Crippen LogP contribution in [0, 0.1) is 17.7 Å². The van der Waals surface area contributed by atoms with Crippen LogP contribution in [0.2, 0.25) is 0 Å². The smallest absolute Gasteiger partial charge is 0.123 e. The van der Waals surface area contributed by atoms with E-state index >= 15 is 0 Å². The highest BCUT2D eigenvalue weighted by Crippen LogP contribution is 2.39. The van der Waals surface area contributed by atoms with Gasteiger partial charge in [-0.2, -0.15) is 0 Å². The number of hydrogen-bond acceptors (Lipinski definition) is 2. The number of hydrazine groups is 1. The zero-order valence-electron chi connectivity index (χ0n) is 13.5. The Hall–Kier alpha value is -0.930. The molecule has 0 saturated heterocycles. The molecule has 1 aromatic carbocycles. The van der Waals surface area contributed by atoms with Gasteiger partial charge in [-0.15, -0.1) is 0 Å². The van der Waals surface area contributed by atoms with Crippen LogP contribution in [-0.2, 0) is 5.41 Å². The summed E-state index contributed by atoms with van der Waals surface area (Å²) in [7, 11) is 0. The maximum atomic E-state index is 13.2. The standard InChI is InChI=1S/C18H29FN2/c1-4-13-6-5-7-14(12-13)17(21-20)18(2,3)15-8-10-16(19)11-9-15/h8-11,13-14,17,21H,4-7,12,20H2,1-3H3. The summed E-state index contributed by atoms with van der Waals surface area (Å²) in [6.45, 7) is 6.70. The van der Waals surface area contributed by atoms with Crippen LogP contribution in [0.5, 0.6) is 0 Å². The molecule has 1 aromatic rings. The lowest BCUT2D eigenvalue weighted by molar-refractivity contribution is 0.161. The maximum Gasteiger partial charge on any atom is 0.123 e. The van der Waals surface area contributed by atoms with Crippen molar-refractivity contribution in [2.24, 2.45) is 17.7 Å². The number of rotatable bonds is 5. The van der Waals surface area contributed by atoms with Crippen molar-refractivity contribution in [1.29, 1.82) is 0 Å². The van der Waals surface area contributed by atoms with Crippen molar-refractivity contribution in [3.63, 3.8) is 0 Å². The van der Waals surface area contributed by atoms with Crippen molar-refractivity contribution in [3.8, 4) is 0 Å². The van der Waals surface area contributed by atoms with E-state index in [1.165, 1.54) is 32.1 Å². The van der Waals surface area contributed by atoms with E-state index in [1.54, 1.807) is 12.1 Å². The molecule has 3 atom stereocenters. The third-order valence-electron chi connectivity index (χ3n) is 5.42. The van der Waals surface area contributed by atoms with E-state index in [2.05, 4.69) is 26.2 Å². The predicted octanol–water partition coefficient (Wildman–Crippen LogP) is 4.15. The zero-order valence-corrected chi connectivity index (χ0v) is 13.5. The molecule has 3 heteroatoms. The van der Waals surface area contributed by atoms with Crippen molar-refractivity contribution in [2.45, 2.75) is 64.3 Å². The number of hydrogen-bond donors (Lipinski definition) is 2. The summed E-state index contributed by atoms with van der Waals surface area (Å²) in [5.74, 6) is 7.15. The second-order valence-electron chi connectivity index (χ2n) is 7.07. The van der Waals surface area contributed by atoms with Gasteiger partial charge >= 0.3 is 0 Å². The van der Waals surface area contributed by atoms with Gasteiger partial charge in [0.15, 0.2) is 0 Å². The Bertz CT molecular complexity index is 441. The summed E-state index contributed by atoms with van der Waals surface area (Å²) < 4.78 is 13.2. The molecule has 0 bridgehead atoms. The SMILES string of the molecule is CCC1CCCC(C(NN)C(C)(C)c2ccc(F)cc2)C1. The summed E-state index contributed by atoms with van der Waals surface area (Å²) in [6.07, 6.45) is 6.37. The fourth-order valence-electron chi connectivity index (χ4n) is 4.00. The molecule has 1 aliphatic carbocycles. The Morgan fingerprint density at radius 3 is 2.52 bits per heavy atom. The Balaban J connectivity index is 2.20. The molecule has 0 spiro atoms. The molecule has 0 amide bonds. The first-order valence-corrected chi connectivity index (χ1v) is 8.21. The highest BCUT2D eigenvalue weighted by Gasteiger charge is 2.38. The van der Waals surface area contributed by atoms with Crippen LogP contribution in [0.3, 0.4) is 0 Å². The topological polar surface area (TPSA) is 38.0 Å². The summed E-state index contributed by atoms with van der Waals surface area (Å²) in [6, 6.07) is 7.08. The Kier molecular flexibility index (Phi) is 5.39. The van der Waals surface area contributed by atoms with E-state index in [4.69, 9.17) is 5.84 Å². The van der Waals surface area contributed by atoms with E-state index in [1.807, 2.05) is 12.1 Å². The summed E-state index contributed by atoms with van der Waals surface area (Å²) in [4.78, 5) is 0. The van der Waals surface area contributed by atoms with E-state index < -0.39 is 0 Å². The van der Waals surface area contributed by atoms with Crippen molar-refractivity contribution in [2.75, 3.05) is 0 Å². The molecular weight excluding hydrogens is 263 g/mol. The van der Waals surface area contributed by atoms with Gasteiger partial charge in [0, 0.05) is 11.5 Å². The lowest BCUT2D eigenvalue weighted by Gasteiger charge is -2.43. The lowest BCUT2D eigenvalue weighted by atomic mass is 9.67. The molecule has 3 unspecified atom stereocenters. The molecule has 1 aliphatic rings. The molecule has 0 aromatic heterocycles. The molecule has 3 N–H and O–H groups in total. The first-order valence-electron chi connectivity index (χ1n) is 8.21. The summed E-state index contributed by atoms with van der Waals surface area (Å²) >= 11 is 0. The average Bonchev–Trinajstić information content (AvgIpc) is 2.48. The molecule has 0 heterocycles. The monoisotopic (exact) mass is 292 g/mol. The van der Waals surface area contributed by atoms with Gasteiger partial charge in [0.05, 0.1) is 0 Å². The predicted molar refractivity (Wildman–Crippen MR) is 86.3 cm³/mol. The minimum Gasteiger partial charge on any atom is -0.271 e. The molecule has 0 radical (unpaired) electrons. The molecule has 2 nitrogen and oxygen atoms in total. The second kappa shape index (κ2) is 6.89. The van der Waals surface area contributed by atoms with E-state index in [-0.39, 0.29) is 17.3 Å². The van der Waals surface area contributed by atoms with E-state index in [0.717, 1.165) is 11.5 Å². The average molecular weight is 292 g/mol. The highest BCUT2D eigenvalue weighted by atomic mass is 19.1. The first kappa shape index (κ1) is 16.4. The van der Waals surface area contributed by atoms with Crippen molar-refractivity contribution in [1.82, 2.24) is 5.43 Å². The van der Waals surface area contributed by atoms with E-state index in [9.17, 15) is 4.39 Å². The largest absolute Gasteiger partial charge is 0.271 e. The van der Waals surface area contributed by atoms with Gasteiger partial charge in [-0.25, -0.2) is 4.39 Å². The number of benzene rings is 1. The Morgan fingerprint density at radius 1 is 1.29 bits per heavy atom. The number of nitrogens with two attached hydrogens (primary N) is 1. The Labute approximate surface area is 128 Å². The third kappa shape index (κ3) is 3.64. The second-order valence-corrected chi connectivity index (χ2v) is 7.07. The van der Waals surface area contributed by atoms with Gasteiger partial charge in [0.25, 0.3) is 0 Å². The first-order chi connectivity index (χ1) is 9.98. The molecule has 1 saturated carbocycles. The fraction of sp³-hybridized carbons (Fsp3) is 0.667. The van der Waals surface area contributed by atoms with E-state index in [0.29, 0.717) is 5.92 Å². The summed E-state index contributed by atoms with van der Waals surface area (Å²) in [5, 5.41) is 0. The maximum absolute atomic E-state index is 13.2. The van der Waals surface area contributed by atoms with Crippen LogP contribution >= 0.6 is 0 Å². The van der Waals surface area contributed by atoms with Gasteiger partial charge in [0.2, 0.25) is 0 Å². The fourth-order valence-corrected chi connectivity index (χ4v) is 4.00. The van der Waals surface area contributed by atoms with Crippen LogP contribution in [0.1, 0.15) is 58.4 Å². The molecule has 1 fully saturated rings. The quantitative estimate of drug-likeness (QED) is 0.632. The van der Waals surface area contributed by atoms with Crippen LogP contribution in [-0.4, -0.2) is 6.04 Å². The van der Waals surface area contributed by atoms with Crippen LogP contribution in [0.15, 0.2) is 24.3 Å². The molecule has 118 valence electrons. The molecule has 0 aliphatic heterocycles. The van der Waals surface area contributed by atoms with Crippen molar-refractivity contribution >= 4 is 0 Å². The number of nitrogens with one attached hydrogen (secondary N) is 1. The molecule has 2 rings (SSSR count). The van der Waals surface area contributed by atoms with Gasteiger partial charge in [-0.05, 0) is 42.4 Å². The minimum absolute atomic E-state index is 0.108. The van der Waals surface area contributed by atoms with Crippen LogP contribution in [0.4, 0.5) is 4.39 Å². The van der Waals surface area contributed by atoms with Gasteiger partial charge in [-0.1, -0.05) is 52.2 Å². The highest BCUT2D eigenvalue weighted by molar-refractivity contribution is 5.27. The molecule has 21 heavy (non-hydrogen) atoms. The van der Waals surface area contributed by atoms with Gasteiger partial charge in [0.1, 0.15) is 5.82 Å². The van der Waals surface area contributed by atoms with Crippen molar-refractivity contribution in [3.05, 3.63) is 35.6 Å². The lowest BCUT2D eigenvalue weighted by Crippen LogP contribution is -2.53. The summed E-state index contributed by atoms with van der Waals surface area (Å²) in [5.41, 5.74) is 4.11.